The highest BCUT2D eigenvalue weighted by atomic mass is 16.5. The lowest BCUT2D eigenvalue weighted by molar-refractivity contribution is 0.0955. The van der Waals surface area contributed by atoms with Gasteiger partial charge in [-0.1, -0.05) is 25.1 Å². The normalized spacial score (nSPS) is 18.3. The molecule has 0 spiro atoms. The minimum atomic E-state index is -0.237. The number of carbonyl (C=O) groups is 1. The Balaban J connectivity index is 1.86. The minimum Gasteiger partial charge on any atom is -0.496 e. The van der Waals surface area contributed by atoms with Gasteiger partial charge in [-0.25, -0.2) is 5.43 Å². The highest BCUT2D eigenvalue weighted by Crippen LogP contribution is 2.44. The Labute approximate surface area is 161 Å². The Bertz CT molecular complexity index is 859. The standard InChI is InChI=1S/C22H27N3O2/c1-15-13-22(2,3)25(4)19-12-20(27-5)17(11-18(15)19)14-23-24-21(26)16-9-7-6-8-10-16/h6-12,14-15H,13H2,1-5H3,(H,24,26)/b23-14-. The first-order valence-electron chi connectivity index (χ1n) is 9.17. The van der Waals surface area contributed by atoms with Crippen LogP contribution >= 0.6 is 0 Å². The molecule has 0 aliphatic carbocycles. The molecule has 1 unspecified atom stereocenters. The summed E-state index contributed by atoms with van der Waals surface area (Å²) in [7, 11) is 3.77. The van der Waals surface area contributed by atoms with E-state index in [0.717, 1.165) is 17.7 Å². The molecule has 0 aromatic heterocycles. The third kappa shape index (κ3) is 3.82. The van der Waals surface area contributed by atoms with Gasteiger partial charge in [-0.2, -0.15) is 5.10 Å². The van der Waals surface area contributed by atoms with Crippen LogP contribution < -0.4 is 15.1 Å². The van der Waals surface area contributed by atoms with Crippen molar-refractivity contribution >= 4 is 17.8 Å². The smallest absolute Gasteiger partial charge is 0.271 e. The molecule has 27 heavy (non-hydrogen) atoms. The Morgan fingerprint density at radius 3 is 2.67 bits per heavy atom. The largest absolute Gasteiger partial charge is 0.496 e. The zero-order chi connectivity index (χ0) is 19.6. The Kier molecular flexibility index (Phi) is 5.22. The van der Waals surface area contributed by atoms with E-state index in [2.05, 4.69) is 55.4 Å². The molecule has 1 aliphatic heterocycles. The van der Waals surface area contributed by atoms with Gasteiger partial charge in [0.15, 0.2) is 0 Å². The summed E-state index contributed by atoms with van der Waals surface area (Å²) in [6.45, 7) is 6.76. The van der Waals surface area contributed by atoms with Gasteiger partial charge in [-0.15, -0.1) is 0 Å². The second-order valence-electron chi connectivity index (χ2n) is 7.69. The molecule has 5 nitrogen and oxygen atoms in total. The lowest BCUT2D eigenvalue weighted by atomic mass is 9.80. The molecule has 0 saturated heterocycles. The SMILES string of the molecule is COc1cc2c(cc1/C=N\NC(=O)c1ccccc1)C(C)CC(C)(C)N2C. The zero-order valence-electron chi connectivity index (χ0n) is 16.6. The van der Waals surface area contributed by atoms with Crippen LogP contribution in [-0.4, -0.2) is 31.8 Å². The molecule has 0 bridgehead atoms. The average molecular weight is 365 g/mol. The number of rotatable bonds is 4. The fourth-order valence-electron chi connectivity index (χ4n) is 3.70. The van der Waals surface area contributed by atoms with Gasteiger partial charge in [0.2, 0.25) is 0 Å². The third-order valence-electron chi connectivity index (χ3n) is 5.39. The number of amides is 1. The molecule has 1 N–H and O–H groups in total. The molecule has 2 aromatic carbocycles. The van der Waals surface area contributed by atoms with Gasteiger partial charge < -0.3 is 9.64 Å². The minimum absolute atomic E-state index is 0.0939. The third-order valence-corrected chi connectivity index (χ3v) is 5.39. The summed E-state index contributed by atoms with van der Waals surface area (Å²) in [6, 6.07) is 13.2. The maximum atomic E-state index is 12.1. The number of nitrogens with one attached hydrogen (secondary N) is 1. The quantitative estimate of drug-likeness (QED) is 0.653. The summed E-state index contributed by atoms with van der Waals surface area (Å²) in [5, 5.41) is 4.13. The van der Waals surface area contributed by atoms with Crippen LogP contribution in [0.25, 0.3) is 0 Å². The summed E-state index contributed by atoms with van der Waals surface area (Å²) in [5.74, 6) is 0.935. The van der Waals surface area contributed by atoms with Crippen molar-refractivity contribution in [2.24, 2.45) is 5.10 Å². The van der Waals surface area contributed by atoms with Crippen molar-refractivity contribution < 1.29 is 9.53 Å². The van der Waals surface area contributed by atoms with E-state index in [4.69, 9.17) is 4.74 Å². The van der Waals surface area contributed by atoms with E-state index in [-0.39, 0.29) is 11.4 Å². The molecular formula is C22H27N3O2. The van der Waals surface area contributed by atoms with Crippen LogP contribution in [0, 0.1) is 0 Å². The molecular weight excluding hydrogens is 338 g/mol. The number of anilines is 1. The second-order valence-corrected chi connectivity index (χ2v) is 7.69. The number of fused-ring (bicyclic) bond motifs is 1. The van der Waals surface area contributed by atoms with E-state index in [0.29, 0.717) is 11.5 Å². The summed E-state index contributed by atoms with van der Waals surface area (Å²) >= 11 is 0. The summed E-state index contributed by atoms with van der Waals surface area (Å²) in [6.07, 6.45) is 2.72. The van der Waals surface area contributed by atoms with Crippen LogP contribution in [0.15, 0.2) is 47.6 Å². The first kappa shape index (κ1) is 19.0. The number of nitrogens with zero attached hydrogens (tertiary/aromatic N) is 2. The van der Waals surface area contributed by atoms with Crippen molar-refractivity contribution in [2.45, 2.75) is 38.6 Å². The van der Waals surface area contributed by atoms with Crippen LogP contribution in [0.3, 0.4) is 0 Å². The lowest BCUT2D eigenvalue weighted by Gasteiger charge is -2.45. The van der Waals surface area contributed by atoms with Crippen molar-refractivity contribution in [3.8, 4) is 5.75 Å². The van der Waals surface area contributed by atoms with E-state index in [1.165, 1.54) is 11.3 Å². The molecule has 2 aromatic rings. The molecule has 0 radical (unpaired) electrons. The van der Waals surface area contributed by atoms with Crippen LogP contribution in [0.5, 0.6) is 5.75 Å². The van der Waals surface area contributed by atoms with Crippen LogP contribution in [0.4, 0.5) is 5.69 Å². The maximum absolute atomic E-state index is 12.1. The number of carbonyl (C=O) groups excluding carboxylic acids is 1. The Hall–Kier alpha value is -2.82. The highest BCUT2D eigenvalue weighted by molar-refractivity contribution is 5.95. The van der Waals surface area contributed by atoms with Gasteiger partial charge in [0.25, 0.3) is 5.91 Å². The maximum Gasteiger partial charge on any atom is 0.271 e. The number of hydrazone groups is 1. The van der Waals surface area contributed by atoms with Gasteiger partial charge in [-0.3, -0.25) is 4.79 Å². The van der Waals surface area contributed by atoms with Crippen molar-refractivity contribution in [3.63, 3.8) is 0 Å². The first-order valence-corrected chi connectivity index (χ1v) is 9.17. The topological polar surface area (TPSA) is 53.9 Å². The first-order chi connectivity index (χ1) is 12.8. The molecule has 5 heteroatoms. The Morgan fingerprint density at radius 2 is 2.00 bits per heavy atom. The fourth-order valence-corrected chi connectivity index (χ4v) is 3.70. The predicted octanol–water partition coefficient (Wildman–Crippen LogP) is 4.18. The van der Waals surface area contributed by atoms with Crippen LogP contribution in [0.2, 0.25) is 0 Å². The Morgan fingerprint density at radius 1 is 1.30 bits per heavy atom. The summed E-state index contributed by atoms with van der Waals surface area (Å²) in [4.78, 5) is 14.4. The van der Waals surface area contributed by atoms with Gasteiger partial charge >= 0.3 is 0 Å². The number of benzene rings is 2. The molecule has 1 aliphatic rings. The summed E-state index contributed by atoms with van der Waals surface area (Å²) < 4.78 is 5.57. The molecule has 142 valence electrons. The van der Waals surface area contributed by atoms with E-state index in [9.17, 15) is 4.79 Å². The number of hydrogen-bond donors (Lipinski definition) is 1. The zero-order valence-corrected chi connectivity index (χ0v) is 16.6. The molecule has 1 atom stereocenters. The summed E-state index contributed by atoms with van der Waals surface area (Å²) in [5.41, 5.74) is 6.55. The predicted molar refractivity (Wildman–Crippen MR) is 110 cm³/mol. The highest BCUT2D eigenvalue weighted by Gasteiger charge is 2.34. The van der Waals surface area contributed by atoms with Gasteiger partial charge in [0.05, 0.1) is 13.3 Å². The van der Waals surface area contributed by atoms with Crippen molar-refractivity contribution in [2.75, 3.05) is 19.1 Å². The van der Waals surface area contributed by atoms with Crippen LogP contribution in [-0.2, 0) is 0 Å². The lowest BCUT2D eigenvalue weighted by Crippen LogP contribution is -2.45. The van der Waals surface area contributed by atoms with Crippen LogP contribution in [0.1, 0.15) is 54.6 Å². The molecule has 0 saturated carbocycles. The van der Waals surface area contributed by atoms with Crippen molar-refractivity contribution in [3.05, 3.63) is 59.2 Å². The van der Waals surface area contributed by atoms with E-state index in [1.54, 1.807) is 25.5 Å². The van der Waals surface area contributed by atoms with E-state index in [1.807, 2.05) is 18.2 Å². The molecule has 1 amide bonds. The number of ether oxygens (including phenoxy) is 1. The van der Waals surface area contributed by atoms with Gasteiger partial charge in [0.1, 0.15) is 5.75 Å². The molecule has 1 heterocycles. The van der Waals surface area contributed by atoms with E-state index < -0.39 is 0 Å². The monoisotopic (exact) mass is 365 g/mol. The average Bonchev–Trinajstić information content (AvgIpc) is 2.66. The molecule has 3 rings (SSSR count). The number of methoxy groups -OCH3 is 1. The van der Waals surface area contributed by atoms with Gasteiger partial charge in [0, 0.05) is 35.5 Å². The second kappa shape index (κ2) is 7.43. The van der Waals surface area contributed by atoms with E-state index >= 15 is 0 Å². The number of hydrogen-bond acceptors (Lipinski definition) is 4. The van der Waals surface area contributed by atoms with Gasteiger partial charge in [-0.05, 0) is 49.9 Å². The van der Waals surface area contributed by atoms with Crippen molar-refractivity contribution in [1.82, 2.24) is 5.43 Å². The molecule has 0 fully saturated rings. The van der Waals surface area contributed by atoms with Crippen molar-refractivity contribution in [1.29, 1.82) is 0 Å². The fraction of sp³-hybridized carbons (Fsp3) is 0.364.